The van der Waals surface area contributed by atoms with Gasteiger partial charge in [0.15, 0.2) is 0 Å². The molecule has 4 N–H and O–H groups in total. The van der Waals surface area contributed by atoms with Gasteiger partial charge < -0.3 is 20.9 Å². The number of hydrogen-bond acceptors (Lipinski definition) is 4. The van der Waals surface area contributed by atoms with Crippen molar-refractivity contribution in [1.29, 1.82) is 0 Å². The van der Waals surface area contributed by atoms with Crippen molar-refractivity contribution in [2.45, 2.75) is 32.2 Å². The van der Waals surface area contributed by atoms with Gasteiger partial charge in [-0.15, -0.1) is 0 Å². The Hall–Kier alpha value is -3.64. The van der Waals surface area contributed by atoms with Crippen LogP contribution < -0.4 is 15.8 Å². The van der Waals surface area contributed by atoms with Crippen molar-refractivity contribution in [3.8, 4) is 16.9 Å². The van der Waals surface area contributed by atoms with Crippen LogP contribution in [0, 0.1) is 5.92 Å². The lowest BCUT2D eigenvalue weighted by molar-refractivity contribution is -0.138. The van der Waals surface area contributed by atoms with Gasteiger partial charge in [-0.05, 0) is 58.9 Å². The lowest BCUT2D eigenvalue weighted by atomic mass is 9.87. The molecule has 0 saturated carbocycles. The number of carbonyl (C=O) groups is 2. The molecule has 2 atom stereocenters. The minimum atomic E-state index is -1.04. The van der Waals surface area contributed by atoms with Crippen LogP contribution in [-0.2, 0) is 11.2 Å². The van der Waals surface area contributed by atoms with Crippen molar-refractivity contribution in [1.82, 2.24) is 5.32 Å². The second-order valence-electron chi connectivity index (χ2n) is 8.76. The number of hydrogen-bond donors (Lipinski definition) is 3. The van der Waals surface area contributed by atoms with Crippen molar-refractivity contribution < 1.29 is 19.4 Å². The van der Waals surface area contributed by atoms with Gasteiger partial charge in [-0.25, -0.2) is 0 Å². The molecule has 6 heteroatoms. The van der Waals surface area contributed by atoms with Crippen LogP contribution in [-0.4, -0.2) is 36.7 Å². The van der Waals surface area contributed by atoms with E-state index in [2.05, 4.69) is 49.5 Å². The zero-order valence-corrected chi connectivity index (χ0v) is 19.8. The van der Waals surface area contributed by atoms with E-state index in [0.29, 0.717) is 18.0 Å². The van der Waals surface area contributed by atoms with E-state index in [1.165, 1.54) is 5.56 Å². The minimum absolute atomic E-state index is 0.160. The number of nitrogens with one attached hydrogen (secondary N) is 1. The summed E-state index contributed by atoms with van der Waals surface area (Å²) in [6.45, 7) is 4.81. The number of aliphatic carboxylic acids is 1. The highest BCUT2D eigenvalue weighted by Crippen LogP contribution is 2.28. The topological polar surface area (TPSA) is 102 Å². The van der Waals surface area contributed by atoms with Crippen molar-refractivity contribution in [2.24, 2.45) is 11.7 Å². The number of methoxy groups -OCH3 is 1. The highest BCUT2D eigenvalue weighted by Gasteiger charge is 2.18. The van der Waals surface area contributed by atoms with E-state index in [1.807, 2.05) is 18.2 Å². The van der Waals surface area contributed by atoms with Gasteiger partial charge >= 0.3 is 5.97 Å². The van der Waals surface area contributed by atoms with Gasteiger partial charge in [-0.2, -0.15) is 0 Å². The Balaban J connectivity index is 1.65. The molecule has 0 aliphatic heterocycles. The molecule has 0 radical (unpaired) electrons. The molecule has 0 aliphatic carbocycles. The lowest BCUT2D eigenvalue weighted by Gasteiger charge is -2.22. The van der Waals surface area contributed by atoms with E-state index in [1.54, 1.807) is 31.4 Å². The average Bonchev–Trinajstić information content (AvgIpc) is 2.84. The van der Waals surface area contributed by atoms with Crippen molar-refractivity contribution >= 4 is 11.9 Å². The Kier molecular flexibility index (Phi) is 8.44. The van der Waals surface area contributed by atoms with E-state index in [9.17, 15) is 9.59 Å². The van der Waals surface area contributed by atoms with Gasteiger partial charge in [0.2, 0.25) is 0 Å². The van der Waals surface area contributed by atoms with E-state index < -0.39 is 12.0 Å². The number of carboxylic acids is 1. The summed E-state index contributed by atoms with van der Waals surface area (Å²) < 4.78 is 5.32. The molecule has 3 rings (SSSR count). The van der Waals surface area contributed by atoms with E-state index in [0.717, 1.165) is 22.4 Å². The molecule has 3 aromatic carbocycles. The quantitative estimate of drug-likeness (QED) is 0.414. The zero-order chi connectivity index (χ0) is 24.7. The summed E-state index contributed by atoms with van der Waals surface area (Å²) in [4.78, 5) is 23.6. The lowest BCUT2D eigenvalue weighted by Crippen LogP contribution is -2.32. The third-order valence-corrected chi connectivity index (χ3v) is 6.02. The van der Waals surface area contributed by atoms with Crippen LogP contribution in [0.4, 0.5) is 0 Å². The summed E-state index contributed by atoms with van der Waals surface area (Å²) in [5.74, 6) is 0.118. The monoisotopic (exact) mass is 460 g/mol. The molecule has 178 valence electrons. The van der Waals surface area contributed by atoms with Gasteiger partial charge in [-0.3, -0.25) is 9.59 Å². The van der Waals surface area contributed by atoms with E-state index in [4.69, 9.17) is 15.6 Å². The highest BCUT2D eigenvalue weighted by atomic mass is 16.5. The predicted octanol–water partition coefficient (Wildman–Crippen LogP) is 4.49. The molecular weight excluding hydrogens is 428 g/mol. The number of carbonyl (C=O) groups excluding carboxylic acids is 1. The molecule has 0 heterocycles. The summed E-state index contributed by atoms with van der Waals surface area (Å²) in [6, 6.07) is 22.3. The van der Waals surface area contributed by atoms with E-state index >= 15 is 0 Å². The first-order chi connectivity index (χ1) is 16.3. The SMILES string of the molecule is COc1cccc(-c2ccc([C@H](CNC(=O)c3ccc(C[C@@H](N)C(=O)O)cc3)C(C)C)cc2)c1. The van der Waals surface area contributed by atoms with Crippen molar-refractivity contribution in [2.75, 3.05) is 13.7 Å². The molecule has 0 saturated heterocycles. The van der Waals surface area contributed by atoms with Crippen LogP contribution >= 0.6 is 0 Å². The van der Waals surface area contributed by atoms with Gasteiger partial charge in [0, 0.05) is 18.0 Å². The third kappa shape index (κ3) is 6.45. The van der Waals surface area contributed by atoms with E-state index in [-0.39, 0.29) is 18.2 Å². The first-order valence-corrected chi connectivity index (χ1v) is 11.4. The second kappa shape index (κ2) is 11.5. The number of amides is 1. The summed E-state index contributed by atoms with van der Waals surface area (Å²) in [5.41, 5.74) is 10.3. The molecule has 6 nitrogen and oxygen atoms in total. The number of nitrogens with two attached hydrogens (primary N) is 1. The smallest absolute Gasteiger partial charge is 0.320 e. The maximum absolute atomic E-state index is 12.7. The fraction of sp³-hybridized carbons (Fsp3) is 0.286. The van der Waals surface area contributed by atoms with Crippen LogP contribution in [0.2, 0.25) is 0 Å². The minimum Gasteiger partial charge on any atom is -0.497 e. The highest BCUT2D eigenvalue weighted by molar-refractivity contribution is 5.94. The molecule has 0 aliphatic rings. The van der Waals surface area contributed by atoms with Crippen molar-refractivity contribution in [3.63, 3.8) is 0 Å². The number of benzene rings is 3. The fourth-order valence-electron chi connectivity index (χ4n) is 3.90. The van der Waals surface area contributed by atoms with Gasteiger partial charge in [0.05, 0.1) is 7.11 Å². The third-order valence-electron chi connectivity index (χ3n) is 6.02. The maximum Gasteiger partial charge on any atom is 0.320 e. The molecular formula is C28H32N2O4. The Bertz CT molecular complexity index is 1110. The number of ether oxygens (including phenoxy) is 1. The molecule has 1 amide bonds. The Morgan fingerprint density at radius 1 is 0.971 bits per heavy atom. The molecule has 0 spiro atoms. The Morgan fingerprint density at radius 3 is 2.24 bits per heavy atom. The van der Waals surface area contributed by atoms with Gasteiger partial charge in [0.25, 0.3) is 5.91 Å². The maximum atomic E-state index is 12.7. The Labute approximate surface area is 200 Å². The summed E-state index contributed by atoms with van der Waals surface area (Å²) in [5, 5.41) is 12.0. The molecule has 0 bridgehead atoms. The molecule has 34 heavy (non-hydrogen) atoms. The fourth-order valence-corrected chi connectivity index (χ4v) is 3.90. The Morgan fingerprint density at radius 2 is 1.65 bits per heavy atom. The zero-order valence-electron chi connectivity index (χ0n) is 19.8. The van der Waals surface area contributed by atoms with Crippen molar-refractivity contribution in [3.05, 3.63) is 89.5 Å². The molecule has 3 aromatic rings. The van der Waals surface area contributed by atoms with Crippen LogP contribution in [0.3, 0.4) is 0 Å². The van der Waals surface area contributed by atoms with Gasteiger partial charge in [0.1, 0.15) is 11.8 Å². The first-order valence-electron chi connectivity index (χ1n) is 11.4. The molecule has 0 fully saturated rings. The van der Waals surface area contributed by atoms with Crippen LogP contribution in [0.15, 0.2) is 72.8 Å². The van der Waals surface area contributed by atoms with Crippen LogP contribution in [0.5, 0.6) is 5.75 Å². The second-order valence-corrected chi connectivity index (χ2v) is 8.76. The standard InChI is InChI=1S/C28H32N2O4/c1-18(2)25(21-13-11-20(12-14-21)23-5-4-6-24(16-23)34-3)17-30-27(31)22-9-7-19(8-10-22)15-26(29)28(32)33/h4-14,16,18,25-26H,15,17,29H2,1-3H3,(H,30,31)(H,32,33)/t25-,26-/m1/s1. The van der Waals surface area contributed by atoms with Crippen LogP contribution in [0.25, 0.3) is 11.1 Å². The molecule has 0 unspecified atom stereocenters. The molecule has 0 aromatic heterocycles. The normalized spacial score (nSPS) is 12.7. The average molecular weight is 461 g/mol. The predicted molar refractivity (Wildman–Crippen MR) is 134 cm³/mol. The largest absolute Gasteiger partial charge is 0.497 e. The number of rotatable bonds is 10. The summed E-state index contributed by atoms with van der Waals surface area (Å²) >= 11 is 0. The van der Waals surface area contributed by atoms with Gasteiger partial charge in [-0.1, -0.05) is 62.4 Å². The van der Waals surface area contributed by atoms with Crippen LogP contribution in [0.1, 0.15) is 41.3 Å². The number of carboxylic acid groups (broad SMARTS) is 1. The first kappa shape index (κ1) is 25.0. The summed E-state index contributed by atoms with van der Waals surface area (Å²) in [6.07, 6.45) is 0.221. The summed E-state index contributed by atoms with van der Waals surface area (Å²) in [7, 11) is 1.66.